The van der Waals surface area contributed by atoms with Crippen LogP contribution < -0.4 is 10.9 Å². The Kier molecular flexibility index (Phi) is 2.99. The van der Waals surface area contributed by atoms with Crippen LogP contribution in [0.3, 0.4) is 0 Å². The lowest BCUT2D eigenvalue weighted by Crippen LogP contribution is -2.39. The second-order valence-electron chi connectivity index (χ2n) is 4.62. The highest BCUT2D eigenvalue weighted by atomic mass is 32.1. The zero-order chi connectivity index (χ0) is 11.7. The summed E-state index contributed by atoms with van der Waals surface area (Å²) in [6.07, 6.45) is 5.63. The average molecular weight is 248 g/mol. The highest BCUT2D eigenvalue weighted by Crippen LogP contribution is 2.16. The lowest BCUT2D eigenvalue weighted by molar-refractivity contribution is 0.360. The molecule has 0 aromatic carbocycles. The molecule has 1 aliphatic rings. The summed E-state index contributed by atoms with van der Waals surface area (Å²) in [5.41, 5.74) is 0.149. The molecule has 0 aliphatic carbocycles. The molecule has 3 heterocycles. The number of pyridine rings is 1. The molecule has 1 saturated heterocycles. The summed E-state index contributed by atoms with van der Waals surface area (Å²) in [5.74, 6) is 0. The van der Waals surface area contributed by atoms with Crippen molar-refractivity contribution in [1.29, 1.82) is 0 Å². The SMILES string of the molecule is O=c1c2ccsc2ccn1CC1CCCCN1. The van der Waals surface area contributed by atoms with E-state index in [1.54, 1.807) is 11.3 Å². The van der Waals surface area contributed by atoms with Crippen LogP contribution in [0, 0.1) is 0 Å². The molecule has 0 spiro atoms. The minimum Gasteiger partial charge on any atom is -0.313 e. The fourth-order valence-corrected chi connectivity index (χ4v) is 3.24. The molecule has 2 aromatic heterocycles. The van der Waals surface area contributed by atoms with Gasteiger partial charge in [0, 0.05) is 23.5 Å². The smallest absolute Gasteiger partial charge is 0.259 e. The minimum absolute atomic E-state index is 0.149. The average Bonchev–Trinajstić information content (AvgIpc) is 2.83. The normalized spacial score (nSPS) is 20.8. The van der Waals surface area contributed by atoms with Gasteiger partial charge < -0.3 is 9.88 Å². The van der Waals surface area contributed by atoms with Gasteiger partial charge in [0.05, 0.1) is 5.39 Å². The van der Waals surface area contributed by atoms with E-state index in [4.69, 9.17) is 0 Å². The van der Waals surface area contributed by atoms with Gasteiger partial charge in [-0.1, -0.05) is 6.42 Å². The molecule has 0 radical (unpaired) electrons. The summed E-state index contributed by atoms with van der Waals surface area (Å²) in [7, 11) is 0. The van der Waals surface area contributed by atoms with Crippen LogP contribution >= 0.6 is 11.3 Å². The van der Waals surface area contributed by atoms with Crippen molar-refractivity contribution < 1.29 is 0 Å². The third-order valence-corrected chi connectivity index (χ3v) is 4.30. The first kappa shape index (κ1) is 11.0. The summed E-state index contributed by atoms with van der Waals surface area (Å²) >= 11 is 1.63. The van der Waals surface area contributed by atoms with Crippen molar-refractivity contribution >= 4 is 21.4 Å². The Hall–Kier alpha value is -1.13. The topological polar surface area (TPSA) is 34.0 Å². The number of hydrogen-bond donors (Lipinski definition) is 1. The van der Waals surface area contributed by atoms with Crippen molar-refractivity contribution in [2.45, 2.75) is 31.8 Å². The summed E-state index contributed by atoms with van der Waals surface area (Å²) in [5, 5.41) is 6.32. The Morgan fingerprint density at radius 1 is 1.41 bits per heavy atom. The number of piperidine rings is 1. The highest BCUT2D eigenvalue weighted by Gasteiger charge is 2.14. The van der Waals surface area contributed by atoms with Gasteiger partial charge in [0.25, 0.3) is 5.56 Å². The van der Waals surface area contributed by atoms with Gasteiger partial charge in [-0.05, 0) is 36.9 Å². The zero-order valence-corrected chi connectivity index (χ0v) is 10.5. The third kappa shape index (κ3) is 2.15. The molecule has 1 aliphatic heterocycles. The van der Waals surface area contributed by atoms with Gasteiger partial charge >= 0.3 is 0 Å². The van der Waals surface area contributed by atoms with Gasteiger partial charge in [0.15, 0.2) is 0 Å². The number of aromatic nitrogens is 1. The second-order valence-corrected chi connectivity index (χ2v) is 5.57. The number of nitrogens with one attached hydrogen (secondary N) is 1. The maximum Gasteiger partial charge on any atom is 0.259 e. The highest BCUT2D eigenvalue weighted by molar-refractivity contribution is 7.17. The molecule has 0 saturated carbocycles. The van der Waals surface area contributed by atoms with E-state index in [9.17, 15) is 4.79 Å². The third-order valence-electron chi connectivity index (χ3n) is 3.42. The van der Waals surface area contributed by atoms with E-state index < -0.39 is 0 Å². The fourth-order valence-electron chi connectivity index (χ4n) is 2.47. The summed E-state index contributed by atoms with van der Waals surface area (Å²) < 4.78 is 2.93. The first-order valence-corrected chi connectivity index (χ1v) is 7.02. The van der Waals surface area contributed by atoms with Gasteiger partial charge in [-0.15, -0.1) is 11.3 Å². The largest absolute Gasteiger partial charge is 0.313 e. The van der Waals surface area contributed by atoms with Crippen molar-refractivity contribution in [3.05, 3.63) is 34.1 Å². The minimum atomic E-state index is 0.149. The number of fused-ring (bicyclic) bond motifs is 1. The monoisotopic (exact) mass is 248 g/mol. The lowest BCUT2D eigenvalue weighted by Gasteiger charge is -2.24. The zero-order valence-electron chi connectivity index (χ0n) is 9.69. The van der Waals surface area contributed by atoms with Crippen LogP contribution in [-0.2, 0) is 6.54 Å². The summed E-state index contributed by atoms with van der Waals surface area (Å²) in [6, 6.07) is 4.43. The molecular weight excluding hydrogens is 232 g/mol. The van der Waals surface area contributed by atoms with E-state index in [0.717, 1.165) is 23.2 Å². The van der Waals surface area contributed by atoms with Gasteiger partial charge in [0.1, 0.15) is 0 Å². The first-order chi connectivity index (χ1) is 8.34. The number of thiophene rings is 1. The molecule has 3 rings (SSSR count). The van der Waals surface area contributed by atoms with E-state index >= 15 is 0 Å². The van der Waals surface area contributed by atoms with Gasteiger partial charge in [-0.25, -0.2) is 0 Å². The van der Waals surface area contributed by atoms with Crippen LogP contribution in [0.15, 0.2) is 28.5 Å². The molecule has 1 N–H and O–H groups in total. The Morgan fingerprint density at radius 3 is 3.18 bits per heavy atom. The molecule has 17 heavy (non-hydrogen) atoms. The maximum atomic E-state index is 12.2. The number of rotatable bonds is 2. The molecule has 3 nitrogen and oxygen atoms in total. The van der Waals surface area contributed by atoms with Gasteiger partial charge in [-0.3, -0.25) is 4.79 Å². The molecule has 90 valence electrons. The second kappa shape index (κ2) is 4.63. The van der Waals surface area contributed by atoms with E-state index in [0.29, 0.717) is 6.04 Å². The molecular formula is C13H16N2OS. The summed E-state index contributed by atoms with van der Waals surface area (Å²) in [6.45, 7) is 1.88. The molecule has 2 aromatic rings. The van der Waals surface area contributed by atoms with Crippen molar-refractivity contribution in [2.75, 3.05) is 6.54 Å². The predicted octanol–water partition coefficient (Wildman–Crippen LogP) is 2.21. The van der Waals surface area contributed by atoms with Gasteiger partial charge in [-0.2, -0.15) is 0 Å². The molecule has 1 unspecified atom stereocenters. The van der Waals surface area contributed by atoms with Crippen molar-refractivity contribution in [3.63, 3.8) is 0 Å². The van der Waals surface area contributed by atoms with E-state index in [2.05, 4.69) is 5.32 Å². The lowest BCUT2D eigenvalue weighted by atomic mass is 10.1. The number of hydrogen-bond acceptors (Lipinski definition) is 3. The summed E-state index contributed by atoms with van der Waals surface area (Å²) in [4.78, 5) is 12.2. The number of nitrogens with zero attached hydrogens (tertiary/aromatic N) is 1. The maximum absolute atomic E-state index is 12.2. The first-order valence-electron chi connectivity index (χ1n) is 6.14. The van der Waals surface area contributed by atoms with Crippen molar-refractivity contribution in [2.24, 2.45) is 0 Å². The van der Waals surface area contributed by atoms with Crippen LogP contribution in [0.4, 0.5) is 0 Å². The molecule has 1 fully saturated rings. The Balaban J connectivity index is 1.89. The Labute approximate surface area is 104 Å². The molecule has 4 heteroatoms. The molecule has 0 amide bonds. The quantitative estimate of drug-likeness (QED) is 0.884. The Morgan fingerprint density at radius 2 is 2.35 bits per heavy atom. The van der Waals surface area contributed by atoms with E-state index in [1.807, 2.05) is 28.3 Å². The Bertz CT molecular complexity index is 566. The van der Waals surface area contributed by atoms with E-state index in [1.165, 1.54) is 19.3 Å². The van der Waals surface area contributed by atoms with Crippen molar-refractivity contribution in [3.8, 4) is 0 Å². The van der Waals surface area contributed by atoms with E-state index in [-0.39, 0.29) is 5.56 Å². The van der Waals surface area contributed by atoms with Crippen molar-refractivity contribution in [1.82, 2.24) is 9.88 Å². The molecule has 0 bridgehead atoms. The predicted molar refractivity (Wildman–Crippen MR) is 71.7 cm³/mol. The van der Waals surface area contributed by atoms with Crippen LogP contribution in [0.1, 0.15) is 19.3 Å². The van der Waals surface area contributed by atoms with Crippen LogP contribution in [0.2, 0.25) is 0 Å². The van der Waals surface area contributed by atoms with Crippen LogP contribution in [0.25, 0.3) is 10.1 Å². The fraction of sp³-hybridized carbons (Fsp3) is 0.462. The van der Waals surface area contributed by atoms with Crippen LogP contribution in [-0.4, -0.2) is 17.2 Å². The van der Waals surface area contributed by atoms with Gasteiger partial charge in [0.2, 0.25) is 0 Å². The standard InChI is InChI=1S/C13H16N2OS/c16-13-11-5-8-17-12(11)4-7-15(13)9-10-3-1-2-6-14-10/h4-5,7-8,10,14H,1-3,6,9H2. The molecule has 1 atom stereocenters. The van der Waals surface area contributed by atoms with Crippen LogP contribution in [0.5, 0.6) is 0 Å².